The van der Waals surface area contributed by atoms with Crippen LogP contribution in [0.4, 0.5) is 4.79 Å². The lowest BCUT2D eigenvalue weighted by Gasteiger charge is -2.19. The first kappa shape index (κ1) is 26.2. The zero-order valence-corrected chi connectivity index (χ0v) is 19.0. The number of alkyl carbamates (subject to hydrolysis) is 1. The van der Waals surface area contributed by atoms with Gasteiger partial charge in [-0.05, 0) is 50.0 Å². The molecule has 0 saturated heterocycles. The van der Waals surface area contributed by atoms with Crippen molar-refractivity contribution in [3.8, 4) is 0 Å². The Hall–Kier alpha value is -3.10. The van der Waals surface area contributed by atoms with Crippen LogP contribution in [0.25, 0.3) is 0 Å². The number of hydrogen-bond acceptors (Lipinski definition) is 5. The van der Waals surface area contributed by atoms with Gasteiger partial charge in [0.05, 0.1) is 0 Å². The second-order valence-corrected chi connectivity index (χ2v) is 8.39. The van der Waals surface area contributed by atoms with Gasteiger partial charge < -0.3 is 25.8 Å². The van der Waals surface area contributed by atoms with Crippen molar-refractivity contribution in [3.63, 3.8) is 0 Å². The number of carboxylic acids is 1. The van der Waals surface area contributed by atoms with E-state index in [9.17, 15) is 19.2 Å². The van der Waals surface area contributed by atoms with Gasteiger partial charge in [-0.2, -0.15) is 0 Å². The maximum atomic E-state index is 12.6. The predicted octanol–water partition coefficient (Wildman–Crippen LogP) is 2.74. The van der Waals surface area contributed by atoms with Crippen molar-refractivity contribution in [2.45, 2.75) is 70.4 Å². The fraction of sp³-hybridized carbons (Fsp3) is 0.583. The van der Waals surface area contributed by atoms with E-state index in [0.29, 0.717) is 57.5 Å². The number of unbranched alkanes of at least 4 members (excludes halogenated alkanes) is 2. The highest BCUT2D eigenvalue weighted by Crippen LogP contribution is 2.32. The number of hydrogen-bond donors (Lipinski definition) is 4. The first-order chi connectivity index (χ1) is 15.9. The fourth-order valence-electron chi connectivity index (χ4n) is 3.29. The Balaban J connectivity index is 1.67. The standard InChI is InChI=1S/C24H35N3O6/c28-21(16-18-12-13-18)27-20(23(31)25-14-6-2-5-11-22(29)30)10-7-15-26-24(32)33-17-19-8-3-1-4-9-19/h1,3-4,8-9,18,20H,2,5-7,10-17H2,(H,25,31)(H,26,32)(H,27,28)(H,29,30)/t20-/m0/s1. The van der Waals surface area contributed by atoms with Gasteiger partial charge in [-0.3, -0.25) is 14.4 Å². The van der Waals surface area contributed by atoms with Crippen LogP contribution in [0.2, 0.25) is 0 Å². The predicted molar refractivity (Wildman–Crippen MR) is 122 cm³/mol. The van der Waals surface area contributed by atoms with Crippen LogP contribution in [0, 0.1) is 5.92 Å². The summed E-state index contributed by atoms with van der Waals surface area (Å²) >= 11 is 0. The lowest BCUT2D eigenvalue weighted by molar-refractivity contribution is -0.137. The number of carbonyl (C=O) groups is 4. The highest BCUT2D eigenvalue weighted by Gasteiger charge is 2.27. The van der Waals surface area contributed by atoms with Crippen LogP contribution in [0.5, 0.6) is 0 Å². The Bertz CT molecular complexity index is 767. The Kier molecular flexibility index (Phi) is 11.8. The number of carbonyl (C=O) groups excluding carboxylic acids is 3. The lowest BCUT2D eigenvalue weighted by Crippen LogP contribution is -2.47. The maximum Gasteiger partial charge on any atom is 0.407 e. The van der Waals surface area contributed by atoms with Gasteiger partial charge in [-0.25, -0.2) is 4.79 Å². The minimum Gasteiger partial charge on any atom is -0.481 e. The van der Waals surface area contributed by atoms with E-state index in [-0.39, 0.29) is 24.8 Å². The van der Waals surface area contributed by atoms with Gasteiger partial charge in [0.1, 0.15) is 12.6 Å². The lowest BCUT2D eigenvalue weighted by atomic mass is 10.1. The molecule has 1 aromatic rings. The van der Waals surface area contributed by atoms with Crippen molar-refractivity contribution in [2.24, 2.45) is 5.92 Å². The number of nitrogens with one attached hydrogen (secondary N) is 3. The molecule has 3 amide bonds. The van der Waals surface area contributed by atoms with Crippen molar-refractivity contribution < 1.29 is 29.0 Å². The molecule has 9 heteroatoms. The second kappa shape index (κ2) is 14.9. The quantitative estimate of drug-likeness (QED) is 0.280. The normalized spacial score (nSPS) is 13.6. The molecule has 0 aromatic heterocycles. The third-order valence-corrected chi connectivity index (χ3v) is 5.34. The average molecular weight is 462 g/mol. The Morgan fingerprint density at radius 1 is 0.970 bits per heavy atom. The van der Waals surface area contributed by atoms with Crippen LogP contribution in [0.3, 0.4) is 0 Å². The van der Waals surface area contributed by atoms with Crippen LogP contribution in [0.15, 0.2) is 30.3 Å². The summed E-state index contributed by atoms with van der Waals surface area (Å²) in [5.74, 6) is -0.794. The Morgan fingerprint density at radius 3 is 2.39 bits per heavy atom. The molecule has 4 N–H and O–H groups in total. The van der Waals surface area contributed by atoms with Crippen LogP contribution in [-0.4, -0.2) is 48.1 Å². The number of benzene rings is 1. The topological polar surface area (TPSA) is 134 Å². The summed E-state index contributed by atoms with van der Waals surface area (Å²) in [7, 11) is 0. The third-order valence-electron chi connectivity index (χ3n) is 5.34. The van der Waals surface area contributed by atoms with Gasteiger partial charge in [-0.15, -0.1) is 0 Å². The third kappa shape index (κ3) is 12.5. The summed E-state index contributed by atoms with van der Waals surface area (Å²) in [4.78, 5) is 47.2. The molecule has 33 heavy (non-hydrogen) atoms. The number of carboxylic acid groups (broad SMARTS) is 1. The van der Waals surface area contributed by atoms with Gasteiger partial charge in [0.25, 0.3) is 0 Å². The molecular weight excluding hydrogens is 426 g/mol. The minimum absolute atomic E-state index is 0.120. The van der Waals surface area contributed by atoms with E-state index in [2.05, 4.69) is 16.0 Å². The van der Waals surface area contributed by atoms with Crippen LogP contribution < -0.4 is 16.0 Å². The van der Waals surface area contributed by atoms with Gasteiger partial charge in [0.15, 0.2) is 0 Å². The molecule has 0 aliphatic heterocycles. The van der Waals surface area contributed by atoms with Crippen molar-refractivity contribution in [2.75, 3.05) is 13.1 Å². The maximum absolute atomic E-state index is 12.6. The molecule has 1 aliphatic carbocycles. The van der Waals surface area contributed by atoms with Gasteiger partial charge in [-0.1, -0.05) is 36.8 Å². The zero-order valence-electron chi connectivity index (χ0n) is 19.0. The molecule has 9 nitrogen and oxygen atoms in total. The first-order valence-electron chi connectivity index (χ1n) is 11.7. The van der Waals surface area contributed by atoms with Gasteiger partial charge in [0.2, 0.25) is 11.8 Å². The monoisotopic (exact) mass is 461 g/mol. The highest BCUT2D eigenvalue weighted by molar-refractivity contribution is 5.87. The zero-order chi connectivity index (χ0) is 23.9. The molecule has 1 fully saturated rings. The Labute approximate surface area is 194 Å². The molecule has 0 heterocycles. The van der Waals surface area contributed by atoms with Gasteiger partial charge in [0, 0.05) is 25.9 Å². The summed E-state index contributed by atoms with van der Waals surface area (Å²) in [6.45, 7) is 0.935. The summed E-state index contributed by atoms with van der Waals surface area (Å²) < 4.78 is 5.16. The van der Waals surface area contributed by atoms with E-state index in [4.69, 9.17) is 9.84 Å². The summed E-state index contributed by atoms with van der Waals surface area (Å²) in [5.41, 5.74) is 0.894. The summed E-state index contributed by atoms with van der Waals surface area (Å²) in [5, 5.41) is 17.0. The van der Waals surface area contributed by atoms with Crippen molar-refractivity contribution in [3.05, 3.63) is 35.9 Å². The molecular formula is C24H35N3O6. The van der Waals surface area contributed by atoms with E-state index in [1.54, 1.807) is 0 Å². The molecule has 1 saturated carbocycles. The molecule has 1 aromatic carbocycles. The van der Waals surface area contributed by atoms with E-state index < -0.39 is 18.1 Å². The largest absolute Gasteiger partial charge is 0.481 e. The molecule has 0 unspecified atom stereocenters. The van der Waals surface area contributed by atoms with Gasteiger partial charge >= 0.3 is 12.1 Å². The number of amides is 3. The number of rotatable bonds is 16. The smallest absolute Gasteiger partial charge is 0.407 e. The average Bonchev–Trinajstić information content (AvgIpc) is 3.61. The van der Waals surface area contributed by atoms with E-state index >= 15 is 0 Å². The fourth-order valence-corrected chi connectivity index (χ4v) is 3.29. The molecule has 1 atom stereocenters. The van der Waals surface area contributed by atoms with Crippen molar-refractivity contribution >= 4 is 23.9 Å². The summed E-state index contributed by atoms with van der Waals surface area (Å²) in [6.07, 6.45) is 4.97. The highest BCUT2D eigenvalue weighted by atomic mass is 16.5. The van der Waals surface area contributed by atoms with Crippen LogP contribution in [-0.2, 0) is 25.7 Å². The van der Waals surface area contributed by atoms with Crippen LogP contribution in [0.1, 0.15) is 63.4 Å². The molecule has 0 radical (unpaired) electrons. The first-order valence-corrected chi connectivity index (χ1v) is 11.7. The second-order valence-electron chi connectivity index (χ2n) is 8.39. The number of ether oxygens (including phenoxy) is 1. The molecule has 2 rings (SSSR count). The SMILES string of the molecule is O=C(O)CCCCCNC(=O)[C@H](CCCNC(=O)OCc1ccccc1)NC(=O)CC1CC1. The van der Waals surface area contributed by atoms with Crippen molar-refractivity contribution in [1.82, 2.24) is 16.0 Å². The molecule has 0 bridgehead atoms. The van der Waals surface area contributed by atoms with E-state index in [1.165, 1.54) is 0 Å². The summed E-state index contributed by atoms with van der Waals surface area (Å²) in [6, 6.07) is 8.70. The molecule has 0 spiro atoms. The van der Waals surface area contributed by atoms with E-state index in [0.717, 1.165) is 18.4 Å². The van der Waals surface area contributed by atoms with Crippen LogP contribution >= 0.6 is 0 Å². The van der Waals surface area contributed by atoms with Crippen molar-refractivity contribution in [1.29, 1.82) is 0 Å². The number of aliphatic carboxylic acids is 1. The molecule has 182 valence electrons. The molecule has 1 aliphatic rings. The Morgan fingerprint density at radius 2 is 1.70 bits per heavy atom. The minimum atomic E-state index is -0.824. The van der Waals surface area contributed by atoms with E-state index in [1.807, 2.05) is 30.3 Å².